The molecule has 2 nitrogen and oxygen atoms in total. The molecule has 0 aliphatic carbocycles. The van der Waals surface area contributed by atoms with Crippen LogP contribution in [0.2, 0.25) is 0 Å². The third-order valence-electron chi connectivity index (χ3n) is 3.04. The molecule has 2 heteroatoms. The summed E-state index contributed by atoms with van der Waals surface area (Å²) >= 11 is 0. The summed E-state index contributed by atoms with van der Waals surface area (Å²) in [6.07, 6.45) is 2.96. The van der Waals surface area contributed by atoms with Gasteiger partial charge in [-0.25, -0.2) is 0 Å². The van der Waals surface area contributed by atoms with Crippen LogP contribution in [0, 0.1) is 5.92 Å². The summed E-state index contributed by atoms with van der Waals surface area (Å²) in [5.74, 6) is 0.851. The van der Waals surface area contributed by atoms with Crippen LogP contribution >= 0.6 is 0 Å². The van der Waals surface area contributed by atoms with Crippen molar-refractivity contribution in [2.24, 2.45) is 5.92 Å². The molecule has 1 rings (SSSR count). The highest BCUT2D eigenvalue weighted by Gasteiger charge is 2.38. The zero-order valence-corrected chi connectivity index (χ0v) is 8.79. The summed E-state index contributed by atoms with van der Waals surface area (Å²) < 4.78 is 0. The van der Waals surface area contributed by atoms with Gasteiger partial charge in [-0.3, -0.25) is 9.69 Å². The third-order valence-corrected chi connectivity index (χ3v) is 3.04. The molecule has 0 saturated carbocycles. The lowest BCUT2D eigenvalue weighted by Crippen LogP contribution is -2.39. The van der Waals surface area contributed by atoms with E-state index in [4.69, 9.17) is 0 Å². The van der Waals surface area contributed by atoms with Gasteiger partial charge in [0.15, 0.2) is 0 Å². The first-order valence-electron chi connectivity index (χ1n) is 5.00. The molecule has 1 fully saturated rings. The van der Waals surface area contributed by atoms with Gasteiger partial charge in [0.1, 0.15) is 5.78 Å². The molecule has 3 atom stereocenters. The Labute approximate surface area is 80.6 Å². The van der Waals surface area contributed by atoms with Crippen LogP contribution in [-0.2, 0) is 4.79 Å². The number of likely N-dealkylation sites (tertiary alicyclic amines) is 1. The van der Waals surface area contributed by atoms with Gasteiger partial charge >= 0.3 is 0 Å². The Bertz CT molecular complexity index is 212. The summed E-state index contributed by atoms with van der Waals surface area (Å²) in [6.45, 7) is 10.7. The zero-order valence-electron chi connectivity index (χ0n) is 8.79. The second-order valence-electron chi connectivity index (χ2n) is 3.90. The van der Waals surface area contributed by atoms with Crippen LogP contribution < -0.4 is 0 Å². The molecule has 0 N–H and O–H groups in total. The second-order valence-corrected chi connectivity index (χ2v) is 3.90. The quantitative estimate of drug-likeness (QED) is 0.619. The van der Waals surface area contributed by atoms with Gasteiger partial charge in [-0.05, 0) is 25.8 Å². The monoisotopic (exact) mass is 181 g/mol. The Morgan fingerprint density at radius 1 is 1.69 bits per heavy atom. The van der Waals surface area contributed by atoms with Gasteiger partial charge in [0.25, 0.3) is 0 Å². The summed E-state index contributed by atoms with van der Waals surface area (Å²) in [5.41, 5.74) is 0. The van der Waals surface area contributed by atoms with E-state index in [9.17, 15) is 4.79 Å². The Kier molecular flexibility index (Phi) is 3.26. The van der Waals surface area contributed by atoms with Crippen molar-refractivity contribution in [1.29, 1.82) is 0 Å². The molecule has 0 spiro atoms. The minimum absolute atomic E-state index is 0.128. The summed E-state index contributed by atoms with van der Waals surface area (Å²) in [5, 5.41) is 0. The van der Waals surface area contributed by atoms with Gasteiger partial charge < -0.3 is 0 Å². The summed E-state index contributed by atoms with van der Waals surface area (Å²) in [4.78, 5) is 13.6. The normalized spacial score (nSPS) is 34.8. The van der Waals surface area contributed by atoms with E-state index in [2.05, 4.69) is 25.3 Å². The predicted molar refractivity (Wildman–Crippen MR) is 54.6 cm³/mol. The lowest BCUT2D eigenvalue weighted by Gasteiger charge is -2.26. The molecule has 0 unspecified atom stereocenters. The molecule has 13 heavy (non-hydrogen) atoms. The number of carbonyl (C=O) groups excluding carboxylic acids is 1. The fourth-order valence-electron chi connectivity index (χ4n) is 2.36. The summed E-state index contributed by atoms with van der Waals surface area (Å²) in [6, 6.07) is 0.516. The number of ketones is 1. The van der Waals surface area contributed by atoms with Crippen LogP contribution in [0.1, 0.15) is 27.2 Å². The predicted octanol–water partition coefficient (Wildman–Crippen LogP) is 1.86. The molecule has 74 valence electrons. The van der Waals surface area contributed by atoms with E-state index in [-0.39, 0.29) is 11.8 Å². The maximum Gasteiger partial charge on any atom is 0.146 e. The van der Waals surface area contributed by atoms with Crippen molar-refractivity contribution in [2.75, 3.05) is 6.54 Å². The highest BCUT2D eigenvalue weighted by molar-refractivity contribution is 5.81. The average molecular weight is 181 g/mol. The van der Waals surface area contributed by atoms with Crippen molar-refractivity contribution < 1.29 is 4.79 Å². The van der Waals surface area contributed by atoms with E-state index in [1.807, 2.05) is 6.08 Å². The molecule has 1 aliphatic heterocycles. The van der Waals surface area contributed by atoms with Crippen LogP contribution in [0.3, 0.4) is 0 Å². The Hall–Kier alpha value is -0.630. The van der Waals surface area contributed by atoms with Gasteiger partial charge in [0.2, 0.25) is 0 Å². The SMILES string of the molecule is C=C[C@H]1[C@H](C)C[C@H](C(C)=O)N1CC. The first-order chi connectivity index (χ1) is 6.11. The van der Waals surface area contributed by atoms with E-state index in [0.717, 1.165) is 13.0 Å². The van der Waals surface area contributed by atoms with Gasteiger partial charge in [0, 0.05) is 6.04 Å². The fraction of sp³-hybridized carbons (Fsp3) is 0.727. The number of rotatable bonds is 3. The molecule has 0 radical (unpaired) electrons. The molecule has 0 aromatic heterocycles. The van der Waals surface area contributed by atoms with Crippen molar-refractivity contribution in [3.63, 3.8) is 0 Å². The number of carbonyl (C=O) groups is 1. The smallest absolute Gasteiger partial charge is 0.146 e. The topological polar surface area (TPSA) is 20.3 Å². The minimum Gasteiger partial charge on any atom is -0.298 e. The zero-order chi connectivity index (χ0) is 10.0. The lowest BCUT2D eigenvalue weighted by atomic mass is 10.0. The van der Waals surface area contributed by atoms with Gasteiger partial charge in [-0.1, -0.05) is 19.9 Å². The highest BCUT2D eigenvalue weighted by atomic mass is 16.1. The van der Waals surface area contributed by atoms with Crippen LogP contribution in [0.15, 0.2) is 12.7 Å². The standard InChI is InChI=1S/C11H19NO/c1-5-10-8(3)7-11(9(4)13)12(10)6-2/h5,8,10-11H,1,6-7H2,2-4H3/t8-,10+,11-/m1/s1. The fourth-order valence-corrected chi connectivity index (χ4v) is 2.36. The number of Topliss-reactive ketones (excluding diaryl/α,β-unsaturated/α-hetero) is 1. The molecule has 0 amide bonds. The van der Waals surface area contributed by atoms with E-state index >= 15 is 0 Å². The maximum absolute atomic E-state index is 11.3. The first-order valence-corrected chi connectivity index (χ1v) is 5.00. The van der Waals surface area contributed by atoms with E-state index in [1.54, 1.807) is 6.92 Å². The van der Waals surface area contributed by atoms with Crippen molar-refractivity contribution in [1.82, 2.24) is 4.90 Å². The maximum atomic E-state index is 11.3. The van der Waals surface area contributed by atoms with E-state index < -0.39 is 0 Å². The molecular formula is C11H19NO. The molecule has 1 heterocycles. The molecule has 0 bridgehead atoms. The third kappa shape index (κ3) is 1.83. The van der Waals surface area contributed by atoms with Crippen LogP contribution in [0.5, 0.6) is 0 Å². The van der Waals surface area contributed by atoms with Crippen molar-refractivity contribution in [2.45, 2.75) is 39.3 Å². The Morgan fingerprint density at radius 2 is 2.31 bits per heavy atom. The number of likely N-dealkylation sites (N-methyl/N-ethyl adjacent to an activating group) is 1. The number of hydrogen-bond acceptors (Lipinski definition) is 2. The Balaban J connectivity index is 2.80. The number of nitrogens with zero attached hydrogens (tertiary/aromatic N) is 1. The molecule has 1 saturated heterocycles. The highest BCUT2D eigenvalue weighted by Crippen LogP contribution is 2.30. The van der Waals surface area contributed by atoms with Crippen LogP contribution in [0.4, 0.5) is 0 Å². The molecule has 0 aromatic carbocycles. The largest absolute Gasteiger partial charge is 0.298 e. The van der Waals surface area contributed by atoms with Gasteiger partial charge in [0.05, 0.1) is 6.04 Å². The first kappa shape index (κ1) is 10.5. The van der Waals surface area contributed by atoms with Gasteiger partial charge in [-0.2, -0.15) is 0 Å². The Morgan fingerprint density at radius 3 is 2.69 bits per heavy atom. The minimum atomic E-state index is 0.128. The summed E-state index contributed by atoms with van der Waals surface area (Å²) in [7, 11) is 0. The van der Waals surface area contributed by atoms with Crippen LogP contribution in [-0.4, -0.2) is 29.3 Å². The van der Waals surface area contributed by atoms with E-state index in [1.165, 1.54) is 0 Å². The molecule has 0 aromatic rings. The van der Waals surface area contributed by atoms with Crippen molar-refractivity contribution in [3.05, 3.63) is 12.7 Å². The lowest BCUT2D eigenvalue weighted by molar-refractivity contribution is -0.121. The van der Waals surface area contributed by atoms with Gasteiger partial charge in [-0.15, -0.1) is 6.58 Å². The van der Waals surface area contributed by atoms with Crippen LogP contribution in [0.25, 0.3) is 0 Å². The second kappa shape index (κ2) is 4.05. The average Bonchev–Trinajstić information content (AvgIpc) is 2.41. The van der Waals surface area contributed by atoms with E-state index in [0.29, 0.717) is 12.0 Å². The van der Waals surface area contributed by atoms with Crippen molar-refractivity contribution >= 4 is 5.78 Å². The molecule has 1 aliphatic rings. The van der Waals surface area contributed by atoms with Crippen molar-refractivity contribution in [3.8, 4) is 0 Å². The molecular weight excluding hydrogens is 162 g/mol. The number of hydrogen-bond donors (Lipinski definition) is 0.